The zero-order valence-electron chi connectivity index (χ0n) is 8.43. The summed E-state index contributed by atoms with van der Waals surface area (Å²) in [5, 5.41) is 11.1. The summed E-state index contributed by atoms with van der Waals surface area (Å²) in [5.41, 5.74) is 7.06. The van der Waals surface area contributed by atoms with Crippen molar-refractivity contribution in [3.63, 3.8) is 0 Å². The number of nitrogens with two attached hydrogens (primary N) is 1. The average molecular weight is 202 g/mol. The van der Waals surface area contributed by atoms with E-state index in [0.29, 0.717) is 6.42 Å². The second kappa shape index (κ2) is 4.38. The van der Waals surface area contributed by atoms with Gasteiger partial charge in [0.2, 0.25) is 0 Å². The molecular weight excluding hydrogens is 188 g/mol. The van der Waals surface area contributed by atoms with Crippen molar-refractivity contribution in [2.75, 3.05) is 6.61 Å². The van der Waals surface area contributed by atoms with Crippen LogP contribution in [0.3, 0.4) is 0 Å². The molecule has 0 spiro atoms. The molecule has 15 heavy (non-hydrogen) atoms. The topological polar surface area (TPSA) is 59.1 Å². The van der Waals surface area contributed by atoms with Crippen LogP contribution in [0.4, 0.5) is 0 Å². The molecule has 2 rings (SSSR count). The molecule has 78 valence electrons. The van der Waals surface area contributed by atoms with Crippen LogP contribution in [0.1, 0.15) is 18.0 Å². The first-order valence-corrected chi connectivity index (χ1v) is 5.02. The highest BCUT2D eigenvalue weighted by Crippen LogP contribution is 2.23. The minimum atomic E-state index is -0.110. The number of hydrogen-bond donors (Lipinski definition) is 2. The van der Waals surface area contributed by atoms with Gasteiger partial charge in [-0.2, -0.15) is 0 Å². The molecule has 0 bridgehead atoms. The molecule has 0 aliphatic heterocycles. The van der Waals surface area contributed by atoms with Crippen molar-refractivity contribution >= 4 is 10.8 Å². The second-order valence-electron chi connectivity index (χ2n) is 3.56. The van der Waals surface area contributed by atoms with Crippen LogP contribution in [0.15, 0.2) is 36.7 Å². The Bertz CT molecular complexity index is 451. The summed E-state index contributed by atoms with van der Waals surface area (Å²) in [6.07, 6.45) is 4.17. The second-order valence-corrected chi connectivity index (χ2v) is 3.56. The maximum Gasteiger partial charge on any atom is 0.0449 e. The molecule has 1 unspecified atom stereocenters. The lowest BCUT2D eigenvalue weighted by Gasteiger charge is -2.12. The van der Waals surface area contributed by atoms with E-state index in [0.717, 1.165) is 16.3 Å². The molecule has 3 N–H and O–H groups in total. The summed E-state index contributed by atoms with van der Waals surface area (Å²) in [5.74, 6) is 0. The van der Waals surface area contributed by atoms with Gasteiger partial charge < -0.3 is 10.8 Å². The van der Waals surface area contributed by atoms with Crippen molar-refractivity contribution in [2.45, 2.75) is 12.5 Å². The highest BCUT2D eigenvalue weighted by Gasteiger charge is 2.08. The SMILES string of the molecule is NC(CCO)c1cccc2cnccc12. The van der Waals surface area contributed by atoms with E-state index in [-0.39, 0.29) is 12.6 Å². The lowest BCUT2D eigenvalue weighted by atomic mass is 9.99. The molecule has 3 nitrogen and oxygen atoms in total. The van der Waals surface area contributed by atoms with E-state index >= 15 is 0 Å². The van der Waals surface area contributed by atoms with E-state index in [1.165, 1.54) is 0 Å². The van der Waals surface area contributed by atoms with Crippen LogP contribution in [0.5, 0.6) is 0 Å². The van der Waals surface area contributed by atoms with Crippen molar-refractivity contribution in [3.8, 4) is 0 Å². The molecule has 0 fully saturated rings. The van der Waals surface area contributed by atoms with Crippen LogP contribution in [0.25, 0.3) is 10.8 Å². The summed E-state index contributed by atoms with van der Waals surface area (Å²) in [7, 11) is 0. The van der Waals surface area contributed by atoms with Gasteiger partial charge in [0.25, 0.3) is 0 Å². The lowest BCUT2D eigenvalue weighted by molar-refractivity contribution is 0.277. The third-order valence-corrected chi connectivity index (χ3v) is 2.55. The normalized spacial score (nSPS) is 12.9. The van der Waals surface area contributed by atoms with E-state index in [4.69, 9.17) is 10.8 Å². The molecule has 1 aromatic heterocycles. The Morgan fingerprint density at radius 2 is 2.20 bits per heavy atom. The van der Waals surface area contributed by atoms with Crippen molar-refractivity contribution in [1.29, 1.82) is 0 Å². The third-order valence-electron chi connectivity index (χ3n) is 2.55. The number of benzene rings is 1. The summed E-state index contributed by atoms with van der Waals surface area (Å²) < 4.78 is 0. The van der Waals surface area contributed by atoms with Gasteiger partial charge in [0.05, 0.1) is 0 Å². The largest absolute Gasteiger partial charge is 0.396 e. The molecule has 2 aromatic rings. The van der Waals surface area contributed by atoms with Crippen LogP contribution in [0.2, 0.25) is 0 Å². The first-order valence-electron chi connectivity index (χ1n) is 5.02. The van der Waals surface area contributed by atoms with Gasteiger partial charge in [-0.3, -0.25) is 4.98 Å². The minimum absolute atomic E-state index is 0.110. The number of aromatic nitrogens is 1. The number of fused-ring (bicyclic) bond motifs is 1. The maximum absolute atomic E-state index is 8.88. The fourth-order valence-corrected chi connectivity index (χ4v) is 1.77. The first-order chi connectivity index (χ1) is 7.33. The summed E-state index contributed by atoms with van der Waals surface area (Å²) in [6, 6.07) is 7.83. The predicted molar refractivity (Wildman–Crippen MR) is 60.4 cm³/mol. The Morgan fingerprint density at radius 3 is 3.00 bits per heavy atom. The Hall–Kier alpha value is -1.45. The molecular formula is C12H14N2O. The van der Waals surface area contributed by atoms with Crippen LogP contribution in [-0.4, -0.2) is 16.7 Å². The zero-order chi connectivity index (χ0) is 10.7. The zero-order valence-corrected chi connectivity index (χ0v) is 8.43. The van der Waals surface area contributed by atoms with Gasteiger partial charge in [0, 0.05) is 30.4 Å². The van der Waals surface area contributed by atoms with Crippen molar-refractivity contribution in [3.05, 3.63) is 42.2 Å². The highest BCUT2D eigenvalue weighted by molar-refractivity contribution is 5.85. The number of aliphatic hydroxyl groups is 1. The van der Waals surface area contributed by atoms with Crippen LogP contribution in [-0.2, 0) is 0 Å². The minimum Gasteiger partial charge on any atom is -0.396 e. The monoisotopic (exact) mass is 202 g/mol. The Kier molecular flexibility index (Phi) is 2.94. The molecule has 1 heterocycles. The molecule has 0 radical (unpaired) electrons. The summed E-state index contributed by atoms with van der Waals surface area (Å²) in [4.78, 5) is 4.07. The highest BCUT2D eigenvalue weighted by atomic mass is 16.3. The van der Waals surface area contributed by atoms with Gasteiger partial charge in [-0.1, -0.05) is 18.2 Å². The van der Waals surface area contributed by atoms with Crippen LogP contribution >= 0.6 is 0 Å². The Labute approximate surface area is 88.6 Å². The van der Waals surface area contributed by atoms with Crippen LogP contribution < -0.4 is 5.73 Å². The van der Waals surface area contributed by atoms with Gasteiger partial charge in [0.15, 0.2) is 0 Å². The molecule has 0 aliphatic rings. The number of aliphatic hydroxyl groups excluding tert-OH is 1. The third kappa shape index (κ3) is 1.98. The molecule has 1 atom stereocenters. The maximum atomic E-state index is 8.88. The first kappa shape index (κ1) is 10.1. The van der Waals surface area contributed by atoms with E-state index in [1.54, 1.807) is 6.20 Å². The van der Waals surface area contributed by atoms with E-state index in [2.05, 4.69) is 4.98 Å². The number of rotatable bonds is 3. The fraction of sp³-hybridized carbons (Fsp3) is 0.250. The van der Waals surface area contributed by atoms with Gasteiger partial charge in [0.1, 0.15) is 0 Å². The van der Waals surface area contributed by atoms with E-state index in [1.807, 2.05) is 30.5 Å². The average Bonchev–Trinajstić information content (AvgIpc) is 2.28. The van der Waals surface area contributed by atoms with Gasteiger partial charge in [-0.15, -0.1) is 0 Å². The Morgan fingerprint density at radius 1 is 1.33 bits per heavy atom. The quantitative estimate of drug-likeness (QED) is 0.795. The molecule has 1 aromatic carbocycles. The predicted octanol–water partition coefficient (Wildman–Crippen LogP) is 1.62. The fourth-order valence-electron chi connectivity index (χ4n) is 1.77. The summed E-state index contributed by atoms with van der Waals surface area (Å²) in [6.45, 7) is 0.114. The molecule has 0 saturated carbocycles. The van der Waals surface area contributed by atoms with Gasteiger partial charge >= 0.3 is 0 Å². The van der Waals surface area contributed by atoms with Crippen molar-refractivity contribution in [2.24, 2.45) is 5.73 Å². The van der Waals surface area contributed by atoms with Crippen molar-refractivity contribution in [1.82, 2.24) is 4.98 Å². The number of nitrogens with zero attached hydrogens (tertiary/aromatic N) is 1. The Balaban J connectivity index is 2.50. The van der Waals surface area contributed by atoms with E-state index in [9.17, 15) is 0 Å². The smallest absolute Gasteiger partial charge is 0.0449 e. The number of pyridine rings is 1. The van der Waals surface area contributed by atoms with Crippen molar-refractivity contribution < 1.29 is 5.11 Å². The van der Waals surface area contributed by atoms with E-state index < -0.39 is 0 Å². The molecule has 3 heteroatoms. The lowest BCUT2D eigenvalue weighted by Crippen LogP contribution is -2.12. The van der Waals surface area contributed by atoms with Crippen LogP contribution in [0, 0.1) is 0 Å². The molecule has 0 aliphatic carbocycles. The standard InChI is InChI=1S/C12H14N2O/c13-12(5-7-15)11-3-1-2-9-8-14-6-4-10(9)11/h1-4,6,8,12,15H,5,7,13H2. The number of hydrogen-bond acceptors (Lipinski definition) is 3. The van der Waals surface area contributed by atoms with Gasteiger partial charge in [-0.25, -0.2) is 0 Å². The summed E-state index contributed by atoms with van der Waals surface area (Å²) >= 11 is 0. The molecule has 0 amide bonds. The molecule has 0 saturated heterocycles. The van der Waals surface area contributed by atoms with Gasteiger partial charge in [-0.05, 0) is 23.4 Å².